The van der Waals surface area contributed by atoms with Gasteiger partial charge in [0.1, 0.15) is 11.5 Å². The van der Waals surface area contributed by atoms with Gasteiger partial charge in [0, 0.05) is 25.3 Å². The van der Waals surface area contributed by atoms with Gasteiger partial charge in [0.05, 0.1) is 0 Å². The average molecular weight is 567 g/mol. The second kappa shape index (κ2) is 14.6. The summed E-state index contributed by atoms with van der Waals surface area (Å²) in [5.74, 6) is 0.467. The van der Waals surface area contributed by atoms with Crippen LogP contribution in [0.5, 0.6) is 11.5 Å². The van der Waals surface area contributed by atoms with Gasteiger partial charge in [-0.25, -0.2) is 9.59 Å². The summed E-state index contributed by atoms with van der Waals surface area (Å²) in [7, 11) is 0. The molecule has 42 heavy (non-hydrogen) atoms. The molecule has 0 atom stereocenters. The number of hydrogen-bond acceptors (Lipinski definition) is 4. The Hall–Kier alpha value is -4.98. The molecule has 0 aromatic heterocycles. The molecule has 0 radical (unpaired) electrons. The van der Waals surface area contributed by atoms with Crippen molar-refractivity contribution in [2.45, 2.75) is 39.7 Å². The summed E-state index contributed by atoms with van der Waals surface area (Å²) in [6.45, 7) is 5.37. The number of phenols is 2. The molecule has 0 saturated heterocycles. The van der Waals surface area contributed by atoms with Crippen LogP contribution in [0.1, 0.15) is 34.2 Å². The lowest BCUT2D eigenvalue weighted by molar-refractivity contribution is 0.240. The van der Waals surface area contributed by atoms with Crippen molar-refractivity contribution in [3.63, 3.8) is 0 Å². The number of rotatable bonds is 11. The van der Waals surface area contributed by atoms with Crippen molar-refractivity contribution in [3.05, 3.63) is 113 Å². The molecule has 0 aliphatic heterocycles. The van der Waals surface area contributed by atoms with Crippen LogP contribution >= 0.6 is 0 Å². The fourth-order valence-electron chi connectivity index (χ4n) is 4.52. The van der Waals surface area contributed by atoms with Gasteiger partial charge in [-0.15, -0.1) is 0 Å². The molecule has 0 unspecified atom stereocenters. The van der Waals surface area contributed by atoms with E-state index in [1.54, 1.807) is 24.3 Å². The quantitative estimate of drug-likeness (QED) is 0.121. The van der Waals surface area contributed by atoms with E-state index < -0.39 is 0 Å². The zero-order chi connectivity index (χ0) is 29.9. The summed E-state index contributed by atoms with van der Waals surface area (Å²) >= 11 is 0. The third-order valence-electron chi connectivity index (χ3n) is 7.11. The Bertz CT molecular complexity index is 1500. The lowest BCUT2D eigenvalue weighted by Crippen LogP contribution is -2.36. The zero-order valence-corrected chi connectivity index (χ0v) is 24.0. The Morgan fingerprint density at radius 3 is 1.86 bits per heavy atom. The smallest absolute Gasteiger partial charge is 0.319 e. The largest absolute Gasteiger partial charge is 0.508 e. The number of hydrogen-bond donors (Lipinski definition) is 6. The lowest BCUT2D eigenvalue weighted by Gasteiger charge is -2.14. The van der Waals surface area contributed by atoms with Crippen LogP contribution < -0.4 is 21.3 Å². The van der Waals surface area contributed by atoms with Crippen LogP contribution in [0.15, 0.2) is 84.9 Å². The van der Waals surface area contributed by atoms with Crippen LogP contribution in [0.25, 0.3) is 11.1 Å². The molecule has 0 aliphatic carbocycles. The average Bonchev–Trinajstić information content (AvgIpc) is 2.98. The first-order chi connectivity index (χ1) is 20.3. The highest BCUT2D eigenvalue weighted by atomic mass is 16.3. The molecule has 6 N–H and O–H groups in total. The third-order valence-corrected chi connectivity index (χ3v) is 7.11. The van der Waals surface area contributed by atoms with Crippen molar-refractivity contribution in [2.75, 3.05) is 18.4 Å². The molecule has 4 amide bonds. The molecular weight excluding hydrogens is 528 g/mol. The molecule has 8 nitrogen and oxygen atoms in total. The van der Waals surface area contributed by atoms with Crippen LogP contribution in [0.3, 0.4) is 0 Å². The van der Waals surface area contributed by atoms with Crippen LogP contribution in [0.2, 0.25) is 0 Å². The number of nitrogens with one attached hydrogen (secondary N) is 4. The first kappa shape index (κ1) is 30.0. The van der Waals surface area contributed by atoms with Crippen molar-refractivity contribution in [1.29, 1.82) is 0 Å². The zero-order valence-electron chi connectivity index (χ0n) is 24.0. The number of carbonyl (C=O) groups is 2. The molecule has 0 bridgehead atoms. The first-order valence-electron chi connectivity index (χ1n) is 14.1. The molecule has 8 heteroatoms. The SMILES string of the molecule is Cc1ccc(-c2ccc(C)c(NC(=O)NCCCc3ccc(O)cc3)c2)cc1CNC(=O)NCCc1ccc(O)cc1. The first-order valence-corrected chi connectivity index (χ1v) is 14.1. The van der Waals surface area contributed by atoms with Gasteiger partial charge in [0.15, 0.2) is 0 Å². The van der Waals surface area contributed by atoms with E-state index in [-0.39, 0.29) is 23.6 Å². The molecule has 218 valence electrons. The number of aromatic hydroxyl groups is 2. The Morgan fingerprint density at radius 1 is 0.619 bits per heavy atom. The van der Waals surface area contributed by atoms with Crippen molar-refractivity contribution < 1.29 is 19.8 Å². The molecule has 0 fully saturated rings. The third kappa shape index (κ3) is 9.02. The predicted octanol–water partition coefficient (Wildman–Crippen LogP) is 6.18. The Labute approximate surface area is 246 Å². The molecule has 0 spiro atoms. The normalized spacial score (nSPS) is 10.6. The van der Waals surface area contributed by atoms with Crippen LogP contribution in [0, 0.1) is 13.8 Å². The second-order valence-corrected chi connectivity index (χ2v) is 10.3. The minimum absolute atomic E-state index is 0.222. The van der Waals surface area contributed by atoms with E-state index >= 15 is 0 Å². The van der Waals surface area contributed by atoms with E-state index in [2.05, 4.69) is 27.3 Å². The minimum atomic E-state index is -0.258. The summed E-state index contributed by atoms with van der Waals surface area (Å²) in [6.07, 6.45) is 2.26. The summed E-state index contributed by atoms with van der Waals surface area (Å²) < 4.78 is 0. The number of benzene rings is 4. The maximum Gasteiger partial charge on any atom is 0.319 e. The number of amides is 4. The van der Waals surface area contributed by atoms with Gasteiger partial charge in [0.2, 0.25) is 0 Å². The number of carbonyl (C=O) groups excluding carboxylic acids is 2. The lowest BCUT2D eigenvalue weighted by atomic mass is 9.98. The van der Waals surface area contributed by atoms with Gasteiger partial charge in [-0.3, -0.25) is 0 Å². The minimum Gasteiger partial charge on any atom is -0.508 e. The Morgan fingerprint density at radius 2 is 1.19 bits per heavy atom. The predicted molar refractivity (Wildman–Crippen MR) is 167 cm³/mol. The van der Waals surface area contributed by atoms with Gasteiger partial charge in [-0.2, -0.15) is 0 Å². The molecule has 4 rings (SSSR count). The number of aryl methyl sites for hydroxylation is 3. The fraction of sp³-hybridized carbons (Fsp3) is 0.235. The highest BCUT2D eigenvalue weighted by molar-refractivity contribution is 5.91. The summed E-state index contributed by atoms with van der Waals surface area (Å²) in [5.41, 5.74) is 7.85. The highest BCUT2D eigenvalue weighted by Gasteiger charge is 2.09. The van der Waals surface area contributed by atoms with Crippen LogP contribution in [-0.4, -0.2) is 35.4 Å². The summed E-state index contributed by atoms with van der Waals surface area (Å²) in [5, 5.41) is 30.5. The van der Waals surface area contributed by atoms with E-state index in [1.807, 2.05) is 68.4 Å². The molecule has 0 heterocycles. The second-order valence-electron chi connectivity index (χ2n) is 10.3. The summed E-state index contributed by atoms with van der Waals surface area (Å²) in [4.78, 5) is 24.9. The summed E-state index contributed by atoms with van der Waals surface area (Å²) in [6, 6.07) is 25.6. The molecule has 0 saturated carbocycles. The maximum atomic E-state index is 12.6. The Balaban J connectivity index is 1.28. The van der Waals surface area contributed by atoms with E-state index in [1.165, 1.54) is 0 Å². The van der Waals surface area contributed by atoms with Crippen LogP contribution in [-0.2, 0) is 19.4 Å². The molecule has 0 aliphatic rings. The number of urea groups is 2. The maximum absolute atomic E-state index is 12.6. The fourth-order valence-corrected chi connectivity index (χ4v) is 4.52. The number of anilines is 1. The monoisotopic (exact) mass is 566 g/mol. The van der Waals surface area contributed by atoms with E-state index in [0.717, 1.165) is 57.5 Å². The van der Waals surface area contributed by atoms with Gasteiger partial charge in [-0.1, -0.05) is 48.5 Å². The highest BCUT2D eigenvalue weighted by Crippen LogP contribution is 2.27. The standard InChI is InChI=1S/C34H38N4O4/c1-23-5-11-27(20-29(23)22-37-33(41)36-19-17-26-9-15-31(40)16-10-26)28-12-6-24(2)32(21-28)38-34(42)35-18-3-4-25-7-13-30(39)14-8-25/h5-16,20-21,39-40H,3-4,17-19,22H2,1-2H3,(H2,35,38,42)(H2,36,37,41). The van der Waals surface area contributed by atoms with Crippen LogP contribution in [0.4, 0.5) is 15.3 Å². The van der Waals surface area contributed by atoms with Crippen molar-refractivity contribution >= 4 is 17.7 Å². The van der Waals surface area contributed by atoms with E-state index in [4.69, 9.17) is 0 Å². The topological polar surface area (TPSA) is 123 Å². The number of phenolic OH excluding ortho intramolecular Hbond substituents is 2. The van der Waals surface area contributed by atoms with E-state index in [9.17, 15) is 19.8 Å². The molecule has 4 aromatic carbocycles. The molecular formula is C34H38N4O4. The van der Waals surface area contributed by atoms with Crippen molar-refractivity contribution in [3.8, 4) is 22.6 Å². The van der Waals surface area contributed by atoms with Gasteiger partial charge in [-0.05, 0) is 108 Å². The van der Waals surface area contributed by atoms with Gasteiger partial charge >= 0.3 is 12.1 Å². The Kier molecular flexibility index (Phi) is 10.4. The molecule has 4 aromatic rings. The van der Waals surface area contributed by atoms with Crippen molar-refractivity contribution in [2.24, 2.45) is 0 Å². The van der Waals surface area contributed by atoms with Gasteiger partial charge < -0.3 is 31.5 Å². The van der Waals surface area contributed by atoms with Crippen molar-refractivity contribution in [1.82, 2.24) is 16.0 Å². The van der Waals surface area contributed by atoms with E-state index in [0.29, 0.717) is 26.1 Å². The van der Waals surface area contributed by atoms with Gasteiger partial charge in [0.25, 0.3) is 0 Å².